The highest BCUT2D eigenvalue weighted by Gasteiger charge is 2.17. The smallest absolute Gasteiger partial charge is 0.174 e. The monoisotopic (exact) mass is 458 g/mol. The van der Waals surface area contributed by atoms with Gasteiger partial charge in [0.15, 0.2) is 11.5 Å². The second-order valence-electron chi connectivity index (χ2n) is 9.85. The first-order valence-corrected chi connectivity index (χ1v) is 12.2. The SMILES string of the molecule is Cc1cc(Cc2nc3cncc(-c4cnn(CCC(C)C)c4)n3n2)ccc1N1CCN(C)CC1. The zero-order valence-electron chi connectivity index (χ0n) is 20.6. The van der Waals surface area contributed by atoms with Crippen molar-refractivity contribution in [3.05, 3.63) is 59.9 Å². The Morgan fingerprint density at radius 3 is 2.62 bits per heavy atom. The number of aryl methyl sites for hydroxylation is 2. The van der Waals surface area contributed by atoms with Crippen LogP contribution in [0.25, 0.3) is 16.9 Å². The van der Waals surface area contributed by atoms with Crippen molar-refractivity contribution in [1.82, 2.24) is 34.3 Å². The summed E-state index contributed by atoms with van der Waals surface area (Å²) < 4.78 is 3.88. The van der Waals surface area contributed by atoms with Crippen molar-refractivity contribution in [2.45, 2.75) is 40.2 Å². The molecule has 0 atom stereocenters. The Bertz CT molecular complexity index is 1260. The second kappa shape index (κ2) is 9.54. The molecule has 1 aliphatic rings. The summed E-state index contributed by atoms with van der Waals surface area (Å²) in [6.07, 6.45) is 9.36. The first-order valence-electron chi connectivity index (χ1n) is 12.2. The minimum atomic E-state index is 0.648. The lowest BCUT2D eigenvalue weighted by molar-refractivity contribution is 0.312. The number of nitrogens with zero attached hydrogens (tertiary/aromatic N) is 8. The van der Waals surface area contributed by atoms with Crippen molar-refractivity contribution in [3.8, 4) is 11.3 Å². The molecule has 0 saturated carbocycles. The number of anilines is 1. The molecular formula is C26H34N8. The molecule has 0 unspecified atom stereocenters. The van der Waals surface area contributed by atoms with E-state index < -0.39 is 0 Å². The van der Waals surface area contributed by atoms with E-state index >= 15 is 0 Å². The lowest BCUT2D eigenvalue weighted by atomic mass is 10.1. The van der Waals surface area contributed by atoms with E-state index in [2.05, 4.69) is 72.1 Å². The van der Waals surface area contributed by atoms with E-state index in [9.17, 15) is 0 Å². The van der Waals surface area contributed by atoms with E-state index in [1.54, 1.807) is 6.20 Å². The highest BCUT2D eigenvalue weighted by Crippen LogP contribution is 2.24. The van der Waals surface area contributed by atoms with Gasteiger partial charge < -0.3 is 9.80 Å². The summed E-state index contributed by atoms with van der Waals surface area (Å²) in [6.45, 7) is 11.9. The number of fused-ring (bicyclic) bond motifs is 1. The van der Waals surface area contributed by atoms with E-state index in [-0.39, 0.29) is 0 Å². The molecule has 1 aliphatic heterocycles. The summed E-state index contributed by atoms with van der Waals surface area (Å²) in [5.41, 5.74) is 6.54. The molecule has 0 radical (unpaired) electrons. The van der Waals surface area contributed by atoms with Gasteiger partial charge in [-0.2, -0.15) is 10.2 Å². The molecular weight excluding hydrogens is 424 g/mol. The van der Waals surface area contributed by atoms with Crippen LogP contribution in [0.1, 0.15) is 37.2 Å². The first kappa shape index (κ1) is 22.5. The molecule has 1 aromatic carbocycles. The van der Waals surface area contributed by atoms with Gasteiger partial charge in [0, 0.05) is 56.6 Å². The van der Waals surface area contributed by atoms with E-state index in [1.165, 1.54) is 16.8 Å². The summed E-state index contributed by atoms with van der Waals surface area (Å²) >= 11 is 0. The highest BCUT2D eigenvalue weighted by molar-refractivity contribution is 5.60. The molecule has 0 bridgehead atoms. The van der Waals surface area contributed by atoms with Gasteiger partial charge in [0.25, 0.3) is 0 Å². The van der Waals surface area contributed by atoms with Crippen molar-refractivity contribution in [2.24, 2.45) is 5.92 Å². The third kappa shape index (κ3) is 4.82. The largest absolute Gasteiger partial charge is 0.369 e. The van der Waals surface area contributed by atoms with Crippen LogP contribution in [0.3, 0.4) is 0 Å². The maximum atomic E-state index is 4.83. The van der Waals surface area contributed by atoms with Crippen LogP contribution in [0.5, 0.6) is 0 Å². The Hall–Kier alpha value is -3.26. The predicted octanol–water partition coefficient (Wildman–Crippen LogP) is 3.68. The van der Waals surface area contributed by atoms with Gasteiger partial charge in [-0.3, -0.25) is 9.67 Å². The fourth-order valence-electron chi connectivity index (χ4n) is 4.55. The Morgan fingerprint density at radius 1 is 1.03 bits per heavy atom. The molecule has 178 valence electrons. The molecule has 0 N–H and O–H groups in total. The molecule has 0 aliphatic carbocycles. The third-order valence-electron chi connectivity index (χ3n) is 6.62. The molecule has 0 amide bonds. The van der Waals surface area contributed by atoms with E-state index in [1.807, 2.05) is 21.6 Å². The van der Waals surface area contributed by atoms with Gasteiger partial charge in [-0.25, -0.2) is 9.50 Å². The van der Waals surface area contributed by atoms with Crippen molar-refractivity contribution in [2.75, 3.05) is 38.1 Å². The molecule has 4 aromatic rings. The fraction of sp³-hybridized carbons (Fsp3) is 0.462. The van der Waals surface area contributed by atoms with Gasteiger partial charge in [-0.1, -0.05) is 26.0 Å². The number of aromatic nitrogens is 6. The topological polar surface area (TPSA) is 67.4 Å². The lowest BCUT2D eigenvalue weighted by Crippen LogP contribution is -2.44. The number of hydrogen-bond acceptors (Lipinski definition) is 6. The third-order valence-corrected chi connectivity index (χ3v) is 6.62. The van der Waals surface area contributed by atoms with E-state index in [0.29, 0.717) is 12.3 Å². The number of likely N-dealkylation sites (N-methyl/N-ethyl adjacent to an activating group) is 1. The Kier molecular flexibility index (Phi) is 6.32. The fourth-order valence-corrected chi connectivity index (χ4v) is 4.55. The van der Waals surface area contributed by atoms with E-state index in [0.717, 1.165) is 61.9 Å². The van der Waals surface area contributed by atoms with Crippen molar-refractivity contribution in [3.63, 3.8) is 0 Å². The van der Waals surface area contributed by atoms with Gasteiger partial charge in [-0.05, 0) is 43.5 Å². The van der Waals surface area contributed by atoms with Crippen LogP contribution in [0.2, 0.25) is 0 Å². The van der Waals surface area contributed by atoms with Crippen molar-refractivity contribution in [1.29, 1.82) is 0 Å². The molecule has 4 heterocycles. The quantitative estimate of drug-likeness (QED) is 0.421. The summed E-state index contributed by atoms with van der Waals surface area (Å²) in [6, 6.07) is 6.74. The molecule has 1 saturated heterocycles. The van der Waals surface area contributed by atoms with Crippen molar-refractivity contribution < 1.29 is 0 Å². The minimum absolute atomic E-state index is 0.648. The van der Waals surface area contributed by atoms with Crippen LogP contribution in [-0.2, 0) is 13.0 Å². The number of hydrogen-bond donors (Lipinski definition) is 0. The Morgan fingerprint density at radius 2 is 1.85 bits per heavy atom. The molecule has 34 heavy (non-hydrogen) atoms. The maximum absolute atomic E-state index is 4.83. The maximum Gasteiger partial charge on any atom is 0.174 e. The van der Waals surface area contributed by atoms with E-state index in [4.69, 9.17) is 10.1 Å². The average molecular weight is 459 g/mol. The van der Waals surface area contributed by atoms with Gasteiger partial charge in [0.2, 0.25) is 0 Å². The predicted molar refractivity (Wildman–Crippen MR) is 135 cm³/mol. The molecule has 1 fully saturated rings. The van der Waals surface area contributed by atoms with Crippen LogP contribution >= 0.6 is 0 Å². The molecule has 5 rings (SSSR count). The first-order chi connectivity index (χ1) is 16.5. The number of rotatable bonds is 7. The van der Waals surface area contributed by atoms with Gasteiger partial charge in [0.05, 0.1) is 24.3 Å². The normalized spacial score (nSPS) is 15.0. The second-order valence-corrected chi connectivity index (χ2v) is 9.85. The Labute approximate surface area is 201 Å². The highest BCUT2D eigenvalue weighted by atomic mass is 15.3. The standard InChI is InChI=1S/C26H34N8/c1-19(2)7-8-33-18-22(15-28-33)24-16-27-17-26-29-25(30-34(24)26)14-21-5-6-23(20(3)13-21)32-11-9-31(4)10-12-32/h5-6,13,15-19H,7-12,14H2,1-4H3. The minimum Gasteiger partial charge on any atom is -0.369 e. The van der Waals surface area contributed by atoms with Crippen molar-refractivity contribution >= 4 is 11.3 Å². The summed E-state index contributed by atoms with van der Waals surface area (Å²) in [4.78, 5) is 14.0. The molecule has 8 nitrogen and oxygen atoms in total. The van der Waals surface area contributed by atoms with Gasteiger partial charge in [0.1, 0.15) is 0 Å². The Balaban J connectivity index is 1.35. The van der Waals surface area contributed by atoms with Crippen LogP contribution < -0.4 is 4.90 Å². The number of benzene rings is 1. The average Bonchev–Trinajstić information content (AvgIpc) is 3.45. The molecule has 8 heteroatoms. The van der Waals surface area contributed by atoms with Crippen LogP contribution in [-0.4, -0.2) is 67.5 Å². The number of piperazine rings is 1. The van der Waals surface area contributed by atoms with Crippen LogP contribution in [0.15, 0.2) is 43.0 Å². The van der Waals surface area contributed by atoms with Crippen LogP contribution in [0.4, 0.5) is 5.69 Å². The summed E-state index contributed by atoms with van der Waals surface area (Å²) in [5, 5.41) is 9.36. The molecule has 0 spiro atoms. The van der Waals surface area contributed by atoms with Gasteiger partial charge >= 0.3 is 0 Å². The summed E-state index contributed by atoms with van der Waals surface area (Å²) in [7, 11) is 2.19. The van der Waals surface area contributed by atoms with Gasteiger partial charge in [-0.15, -0.1) is 0 Å². The summed E-state index contributed by atoms with van der Waals surface area (Å²) in [5.74, 6) is 1.45. The molecule has 3 aromatic heterocycles. The van der Waals surface area contributed by atoms with Crippen LogP contribution in [0, 0.1) is 12.8 Å². The zero-order chi connectivity index (χ0) is 23.7. The lowest BCUT2D eigenvalue weighted by Gasteiger charge is -2.35. The zero-order valence-corrected chi connectivity index (χ0v) is 20.6.